The van der Waals surface area contributed by atoms with E-state index in [1.165, 1.54) is 0 Å². The first-order valence-electron chi connectivity index (χ1n) is 7.43. The Bertz CT molecular complexity index is 543. The summed E-state index contributed by atoms with van der Waals surface area (Å²) in [6, 6.07) is 7.79. The van der Waals surface area contributed by atoms with Gasteiger partial charge in [0.15, 0.2) is 14.1 Å². The highest BCUT2D eigenvalue weighted by molar-refractivity contribution is 6.69. The van der Waals surface area contributed by atoms with Gasteiger partial charge < -0.3 is 9.16 Å². The largest absolute Gasteiger partial charge is 0.497 e. The van der Waals surface area contributed by atoms with Crippen molar-refractivity contribution in [3.63, 3.8) is 0 Å². The number of ether oxygens (including phenoxy) is 1. The Morgan fingerprint density at radius 1 is 1.29 bits per heavy atom. The van der Waals surface area contributed by atoms with E-state index in [0.717, 1.165) is 29.7 Å². The molecule has 0 amide bonds. The molecule has 2 rings (SSSR count). The Kier molecular flexibility index (Phi) is 5.01. The minimum atomic E-state index is -1.57. The second kappa shape index (κ2) is 6.58. The van der Waals surface area contributed by atoms with Gasteiger partial charge in [0.2, 0.25) is 0 Å². The van der Waals surface area contributed by atoms with E-state index < -0.39 is 8.32 Å². The van der Waals surface area contributed by atoms with Crippen molar-refractivity contribution >= 4 is 20.2 Å². The average molecular weight is 304 g/mol. The molecule has 1 fully saturated rings. The predicted molar refractivity (Wildman–Crippen MR) is 88.0 cm³/mol. The quantitative estimate of drug-likeness (QED) is 0.622. The molecule has 4 heteroatoms. The van der Waals surface area contributed by atoms with Crippen LogP contribution in [0.4, 0.5) is 0 Å². The normalized spacial score (nSPS) is 21.6. The molecule has 0 bridgehead atoms. The molecule has 1 saturated carbocycles. The molecule has 0 spiro atoms. The summed E-state index contributed by atoms with van der Waals surface area (Å²) >= 11 is 0. The molecule has 114 valence electrons. The number of carbonyl (C=O) groups is 1. The summed E-state index contributed by atoms with van der Waals surface area (Å²) in [7, 11) is 0.0782. The Hall–Kier alpha value is -1.39. The van der Waals surface area contributed by atoms with Crippen LogP contribution in [0.3, 0.4) is 0 Å². The molecule has 21 heavy (non-hydrogen) atoms. The highest BCUT2D eigenvalue weighted by atomic mass is 28.4. The molecule has 1 atom stereocenters. The van der Waals surface area contributed by atoms with E-state index in [1.54, 1.807) is 7.11 Å². The van der Waals surface area contributed by atoms with Crippen molar-refractivity contribution in [3.8, 4) is 5.75 Å². The van der Waals surface area contributed by atoms with Crippen LogP contribution in [0.5, 0.6) is 5.75 Å². The van der Waals surface area contributed by atoms with Crippen molar-refractivity contribution in [1.29, 1.82) is 0 Å². The van der Waals surface area contributed by atoms with Gasteiger partial charge in [0.25, 0.3) is 0 Å². The molecule has 1 unspecified atom stereocenters. The molecule has 0 aromatic heterocycles. The highest BCUT2D eigenvalue weighted by Gasteiger charge is 2.28. The first-order valence-corrected chi connectivity index (χ1v) is 10.8. The van der Waals surface area contributed by atoms with Crippen molar-refractivity contribution in [2.45, 2.75) is 45.0 Å². The van der Waals surface area contributed by atoms with E-state index in [0.29, 0.717) is 6.42 Å². The second-order valence-electron chi connectivity index (χ2n) is 6.46. The number of benzene rings is 1. The maximum absolute atomic E-state index is 12.3. The van der Waals surface area contributed by atoms with Crippen LogP contribution >= 0.6 is 0 Å². The van der Waals surface area contributed by atoms with Crippen LogP contribution in [0, 0.1) is 0 Å². The van der Waals surface area contributed by atoms with Crippen molar-refractivity contribution in [2.24, 2.45) is 0 Å². The van der Waals surface area contributed by atoms with Crippen molar-refractivity contribution in [3.05, 3.63) is 35.4 Å². The SMILES string of the molecule is COc1cccc(/C=C2/CCC(O[Si](C)(C)C)CC2=O)c1. The lowest BCUT2D eigenvalue weighted by atomic mass is 9.90. The van der Waals surface area contributed by atoms with Gasteiger partial charge in [-0.15, -0.1) is 0 Å². The molecule has 0 heterocycles. The molecule has 1 aromatic carbocycles. The topological polar surface area (TPSA) is 35.5 Å². The lowest BCUT2D eigenvalue weighted by Crippen LogP contribution is -2.35. The number of methoxy groups -OCH3 is 1. The molecule has 3 nitrogen and oxygen atoms in total. The van der Waals surface area contributed by atoms with Crippen LogP contribution in [-0.4, -0.2) is 27.3 Å². The summed E-state index contributed by atoms with van der Waals surface area (Å²) in [5.41, 5.74) is 1.92. The summed E-state index contributed by atoms with van der Waals surface area (Å²) in [4.78, 5) is 12.3. The molecule has 1 aliphatic carbocycles. The molecular weight excluding hydrogens is 280 g/mol. The summed E-state index contributed by atoms with van der Waals surface area (Å²) in [5, 5.41) is 0. The fraction of sp³-hybridized carbons (Fsp3) is 0.471. The van der Waals surface area contributed by atoms with Crippen molar-refractivity contribution < 1.29 is 14.0 Å². The lowest BCUT2D eigenvalue weighted by molar-refractivity contribution is -0.118. The third-order valence-corrected chi connectivity index (χ3v) is 4.50. The Balaban J connectivity index is 2.06. The third-order valence-electron chi connectivity index (χ3n) is 3.46. The maximum atomic E-state index is 12.3. The van der Waals surface area contributed by atoms with Crippen LogP contribution in [0.1, 0.15) is 24.8 Å². The zero-order chi connectivity index (χ0) is 15.5. The fourth-order valence-electron chi connectivity index (χ4n) is 2.58. The summed E-state index contributed by atoms with van der Waals surface area (Å²) in [5.74, 6) is 1.03. The number of hydrogen-bond acceptors (Lipinski definition) is 3. The van der Waals surface area contributed by atoms with Crippen LogP contribution in [0.2, 0.25) is 19.6 Å². The van der Waals surface area contributed by atoms with E-state index in [4.69, 9.17) is 9.16 Å². The van der Waals surface area contributed by atoms with Gasteiger partial charge in [0.05, 0.1) is 13.2 Å². The van der Waals surface area contributed by atoms with E-state index in [9.17, 15) is 4.79 Å². The van der Waals surface area contributed by atoms with Gasteiger partial charge in [0.1, 0.15) is 5.75 Å². The van der Waals surface area contributed by atoms with Gasteiger partial charge in [-0.2, -0.15) is 0 Å². The first-order chi connectivity index (χ1) is 9.87. The Morgan fingerprint density at radius 3 is 2.67 bits per heavy atom. The van der Waals surface area contributed by atoms with Gasteiger partial charge >= 0.3 is 0 Å². The average Bonchev–Trinajstić information content (AvgIpc) is 2.40. The van der Waals surface area contributed by atoms with Gasteiger partial charge in [-0.25, -0.2) is 0 Å². The van der Waals surface area contributed by atoms with Gasteiger partial charge in [0, 0.05) is 6.42 Å². The zero-order valence-corrected chi connectivity index (χ0v) is 14.3. The number of ketones is 1. The van der Waals surface area contributed by atoms with Crippen LogP contribution in [-0.2, 0) is 9.22 Å². The molecule has 1 aromatic rings. The molecular formula is C17H24O3Si. The number of hydrogen-bond donors (Lipinski definition) is 0. The number of Topliss-reactive ketones (excluding diaryl/α,β-unsaturated/α-hetero) is 1. The van der Waals surface area contributed by atoms with Crippen molar-refractivity contribution in [2.75, 3.05) is 7.11 Å². The van der Waals surface area contributed by atoms with Gasteiger partial charge in [-0.05, 0) is 61.8 Å². The molecule has 1 aliphatic rings. The number of rotatable bonds is 4. The first kappa shape index (κ1) is 16.0. The molecule has 0 saturated heterocycles. The van der Waals surface area contributed by atoms with Crippen molar-refractivity contribution in [1.82, 2.24) is 0 Å². The van der Waals surface area contributed by atoms with Crippen LogP contribution < -0.4 is 4.74 Å². The predicted octanol–water partition coefficient (Wildman–Crippen LogP) is 4.05. The minimum Gasteiger partial charge on any atom is -0.497 e. The standard InChI is InChI=1S/C17H24O3Si/c1-19-15-7-5-6-13(11-15)10-14-8-9-16(12-17(14)18)20-21(2,3)4/h5-7,10-11,16H,8-9,12H2,1-4H3/b14-10-. The number of carbonyl (C=O) groups excluding carboxylic acids is 1. The lowest BCUT2D eigenvalue weighted by Gasteiger charge is -2.29. The molecule has 0 radical (unpaired) electrons. The van der Waals surface area contributed by atoms with Crippen LogP contribution in [0.25, 0.3) is 6.08 Å². The van der Waals surface area contributed by atoms with E-state index in [-0.39, 0.29) is 11.9 Å². The van der Waals surface area contributed by atoms with Gasteiger partial charge in [-0.1, -0.05) is 12.1 Å². The fourth-order valence-corrected chi connectivity index (χ4v) is 3.78. The third kappa shape index (κ3) is 4.83. The number of allylic oxidation sites excluding steroid dienone is 1. The molecule has 0 N–H and O–H groups in total. The van der Waals surface area contributed by atoms with E-state index in [1.807, 2.05) is 30.3 Å². The van der Waals surface area contributed by atoms with Crippen LogP contribution in [0.15, 0.2) is 29.8 Å². The zero-order valence-electron chi connectivity index (χ0n) is 13.3. The monoisotopic (exact) mass is 304 g/mol. The van der Waals surface area contributed by atoms with Gasteiger partial charge in [-0.3, -0.25) is 4.79 Å². The Labute approximate surface area is 128 Å². The second-order valence-corrected chi connectivity index (χ2v) is 10.9. The summed E-state index contributed by atoms with van der Waals surface area (Å²) < 4.78 is 11.3. The summed E-state index contributed by atoms with van der Waals surface area (Å²) in [6.07, 6.45) is 4.33. The summed E-state index contributed by atoms with van der Waals surface area (Å²) in [6.45, 7) is 6.50. The highest BCUT2D eigenvalue weighted by Crippen LogP contribution is 2.27. The smallest absolute Gasteiger partial charge is 0.184 e. The maximum Gasteiger partial charge on any atom is 0.184 e. The minimum absolute atomic E-state index is 0.103. The Morgan fingerprint density at radius 2 is 2.05 bits per heavy atom. The van der Waals surface area contributed by atoms with E-state index in [2.05, 4.69) is 19.6 Å². The molecule has 0 aliphatic heterocycles. The van der Waals surface area contributed by atoms with E-state index >= 15 is 0 Å².